The summed E-state index contributed by atoms with van der Waals surface area (Å²) in [7, 11) is 0. The van der Waals surface area contributed by atoms with Gasteiger partial charge in [0.15, 0.2) is 0 Å². The predicted octanol–water partition coefficient (Wildman–Crippen LogP) is 3.92. The molecular weight excluding hydrogens is 299 g/mol. The lowest BCUT2D eigenvalue weighted by atomic mass is 9.88. The molecule has 1 aromatic carbocycles. The van der Waals surface area contributed by atoms with Crippen LogP contribution in [-0.4, -0.2) is 17.0 Å². The Hall–Kier alpha value is -2.05. The Labute approximate surface area is 125 Å². The van der Waals surface area contributed by atoms with Crippen molar-refractivity contribution in [2.24, 2.45) is 5.92 Å². The molecule has 1 aliphatic carbocycles. The van der Waals surface area contributed by atoms with Crippen molar-refractivity contribution in [2.75, 3.05) is 5.32 Å². The highest BCUT2D eigenvalue weighted by Crippen LogP contribution is 2.32. The molecule has 1 aromatic rings. The summed E-state index contributed by atoms with van der Waals surface area (Å²) < 4.78 is 37.9. The minimum absolute atomic E-state index is 0.101. The highest BCUT2D eigenvalue weighted by atomic mass is 19.4. The SMILES string of the molecule is O=C(O)c1cc(C(F)(F)F)ccc1NC(=O)C1CCCCC1. The van der Waals surface area contributed by atoms with Crippen LogP contribution in [0, 0.1) is 5.92 Å². The number of hydrogen-bond donors (Lipinski definition) is 2. The number of hydrogen-bond acceptors (Lipinski definition) is 2. The van der Waals surface area contributed by atoms with Crippen LogP contribution in [0.25, 0.3) is 0 Å². The first-order valence-electron chi connectivity index (χ1n) is 7.04. The molecule has 0 aliphatic heterocycles. The molecule has 120 valence electrons. The first-order chi connectivity index (χ1) is 10.3. The fraction of sp³-hybridized carbons (Fsp3) is 0.467. The second-order valence-electron chi connectivity index (χ2n) is 5.39. The summed E-state index contributed by atoms with van der Waals surface area (Å²) in [5.74, 6) is -2.05. The second-order valence-corrected chi connectivity index (χ2v) is 5.39. The number of rotatable bonds is 3. The van der Waals surface area contributed by atoms with Crippen LogP contribution in [0.1, 0.15) is 48.0 Å². The van der Waals surface area contributed by atoms with Crippen molar-refractivity contribution in [1.29, 1.82) is 0 Å². The summed E-state index contributed by atoms with van der Waals surface area (Å²) in [6.07, 6.45) is -0.280. The van der Waals surface area contributed by atoms with E-state index in [1.807, 2.05) is 0 Å². The van der Waals surface area contributed by atoms with E-state index in [0.29, 0.717) is 6.07 Å². The second kappa shape index (κ2) is 6.37. The number of nitrogens with one attached hydrogen (secondary N) is 1. The molecule has 2 rings (SSSR count). The van der Waals surface area contributed by atoms with E-state index < -0.39 is 23.3 Å². The average molecular weight is 315 g/mol. The number of carboxylic acids is 1. The van der Waals surface area contributed by atoms with E-state index in [1.165, 1.54) is 0 Å². The van der Waals surface area contributed by atoms with Crippen LogP contribution >= 0.6 is 0 Å². The number of amides is 1. The maximum absolute atomic E-state index is 12.6. The Balaban J connectivity index is 2.23. The molecule has 7 heteroatoms. The van der Waals surface area contributed by atoms with Crippen molar-refractivity contribution in [3.05, 3.63) is 29.3 Å². The molecule has 0 radical (unpaired) electrons. The Kier molecular flexibility index (Phi) is 4.73. The van der Waals surface area contributed by atoms with E-state index in [9.17, 15) is 22.8 Å². The molecule has 0 aromatic heterocycles. The monoisotopic (exact) mass is 315 g/mol. The van der Waals surface area contributed by atoms with E-state index in [4.69, 9.17) is 5.11 Å². The lowest BCUT2D eigenvalue weighted by Gasteiger charge is -2.21. The Morgan fingerprint density at radius 2 is 1.77 bits per heavy atom. The van der Waals surface area contributed by atoms with Gasteiger partial charge in [0, 0.05) is 5.92 Å². The van der Waals surface area contributed by atoms with Gasteiger partial charge in [-0.25, -0.2) is 4.79 Å². The Morgan fingerprint density at radius 3 is 2.32 bits per heavy atom. The molecular formula is C15H16F3NO3. The van der Waals surface area contributed by atoms with E-state index in [2.05, 4.69) is 5.32 Å². The minimum atomic E-state index is -4.63. The number of benzene rings is 1. The van der Waals surface area contributed by atoms with Crippen LogP contribution in [0.5, 0.6) is 0 Å². The van der Waals surface area contributed by atoms with Gasteiger partial charge in [-0.2, -0.15) is 13.2 Å². The minimum Gasteiger partial charge on any atom is -0.478 e. The maximum atomic E-state index is 12.6. The average Bonchev–Trinajstić information content (AvgIpc) is 2.47. The maximum Gasteiger partial charge on any atom is 0.416 e. The van der Waals surface area contributed by atoms with Gasteiger partial charge in [0.2, 0.25) is 5.91 Å². The highest BCUT2D eigenvalue weighted by molar-refractivity contribution is 6.01. The van der Waals surface area contributed by atoms with Crippen LogP contribution in [0.4, 0.5) is 18.9 Å². The fourth-order valence-corrected chi connectivity index (χ4v) is 2.61. The van der Waals surface area contributed by atoms with E-state index in [1.54, 1.807) is 0 Å². The summed E-state index contributed by atoms with van der Waals surface area (Å²) in [6.45, 7) is 0. The summed E-state index contributed by atoms with van der Waals surface area (Å²) in [4.78, 5) is 23.2. The Bertz CT molecular complexity index is 578. The molecule has 0 unspecified atom stereocenters. The number of halogens is 3. The van der Waals surface area contributed by atoms with Crippen LogP contribution in [0.3, 0.4) is 0 Å². The molecule has 1 saturated carbocycles. The van der Waals surface area contributed by atoms with Crippen molar-refractivity contribution in [3.8, 4) is 0 Å². The van der Waals surface area contributed by atoms with E-state index >= 15 is 0 Å². The van der Waals surface area contributed by atoms with Crippen LogP contribution in [0.2, 0.25) is 0 Å². The smallest absolute Gasteiger partial charge is 0.416 e. The van der Waals surface area contributed by atoms with Gasteiger partial charge in [-0.15, -0.1) is 0 Å². The van der Waals surface area contributed by atoms with Crippen LogP contribution in [-0.2, 0) is 11.0 Å². The third kappa shape index (κ3) is 3.78. The van der Waals surface area contributed by atoms with Gasteiger partial charge in [-0.3, -0.25) is 4.79 Å². The lowest BCUT2D eigenvalue weighted by molar-refractivity contribution is -0.137. The molecule has 22 heavy (non-hydrogen) atoms. The first kappa shape index (κ1) is 16.3. The van der Waals surface area contributed by atoms with Crippen molar-refractivity contribution in [2.45, 2.75) is 38.3 Å². The van der Waals surface area contributed by atoms with Gasteiger partial charge in [0.1, 0.15) is 0 Å². The molecule has 0 bridgehead atoms. The zero-order chi connectivity index (χ0) is 16.3. The normalized spacial score (nSPS) is 16.3. The number of alkyl halides is 3. The molecule has 1 fully saturated rings. The quantitative estimate of drug-likeness (QED) is 0.888. The van der Waals surface area contributed by atoms with Gasteiger partial charge >= 0.3 is 12.1 Å². The van der Waals surface area contributed by atoms with Gasteiger partial charge in [-0.05, 0) is 31.0 Å². The molecule has 0 spiro atoms. The molecule has 0 atom stereocenters. The van der Waals surface area contributed by atoms with Crippen LogP contribution < -0.4 is 5.32 Å². The highest BCUT2D eigenvalue weighted by Gasteiger charge is 2.32. The van der Waals surface area contributed by atoms with E-state index in [-0.39, 0.29) is 17.5 Å². The third-order valence-corrected chi connectivity index (χ3v) is 3.81. The zero-order valence-corrected chi connectivity index (χ0v) is 11.7. The fourth-order valence-electron chi connectivity index (χ4n) is 2.61. The molecule has 1 aliphatic rings. The summed E-state index contributed by atoms with van der Waals surface area (Å²) in [5, 5.41) is 11.5. The molecule has 0 saturated heterocycles. The largest absolute Gasteiger partial charge is 0.478 e. The van der Waals surface area contributed by atoms with Crippen molar-refractivity contribution >= 4 is 17.6 Å². The number of aromatic carboxylic acids is 1. The predicted molar refractivity (Wildman–Crippen MR) is 73.6 cm³/mol. The summed E-state index contributed by atoms with van der Waals surface area (Å²) in [6, 6.07) is 2.30. The molecule has 2 N–H and O–H groups in total. The zero-order valence-electron chi connectivity index (χ0n) is 11.7. The Morgan fingerprint density at radius 1 is 1.14 bits per heavy atom. The van der Waals surface area contributed by atoms with Crippen LogP contribution in [0.15, 0.2) is 18.2 Å². The number of carboxylic acid groups (broad SMARTS) is 1. The third-order valence-electron chi connectivity index (χ3n) is 3.81. The van der Waals surface area contributed by atoms with Gasteiger partial charge in [0.05, 0.1) is 16.8 Å². The molecule has 4 nitrogen and oxygen atoms in total. The van der Waals surface area contributed by atoms with Gasteiger partial charge < -0.3 is 10.4 Å². The molecule has 1 amide bonds. The molecule has 0 heterocycles. The lowest BCUT2D eigenvalue weighted by Crippen LogP contribution is -2.25. The van der Waals surface area contributed by atoms with Crippen molar-refractivity contribution in [1.82, 2.24) is 0 Å². The number of carbonyl (C=O) groups excluding carboxylic acids is 1. The summed E-state index contributed by atoms with van der Waals surface area (Å²) in [5.41, 5.74) is -1.71. The number of anilines is 1. The standard InChI is InChI=1S/C15H16F3NO3/c16-15(17,18)10-6-7-12(11(8-10)14(21)22)19-13(20)9-4-2-1-3-5-9/h6-9H,1-5H2,(H,19,20)(H,21,22). The van der Waals surface area contributed by atoms with Crippen molar-refractivity contribution in [3.63, 3.8) is 0 Å². The topological polar surface area (TPSA) is 66.4 Å². The van der Waals surface area contributed by atoms with E-state index in [0.717, 1.165) is 44.2 Å². The number of carbonyl (C=O) groups is 2. The van der Waals surface area contributed by atoms with Gasteiger partial charge in [0.25, 0.3) is 0 Å². The first-order valence-corrected chi connectivity index (χ1v) is 7.04. The van der Waals surface area contributed by atoms with Gasteiger partial charge in [-0.1, -0.05) is 19.3 Å². The summed E-state index contributed by atoms with van der Waals surface area (Å²) >= 11 is 0. The van der Waals surface area contributed by atoms with Crippen molar-refractivity contribution < 1.29 is 27.9 Å².